The average molecular weight is 367 g/mol. The van der Waals surface area contributed by atoms with Crippen molar-refractivity contribution in [3.05, 3.63) is 64.8 Å². The van der Waals surface area contributed by atoms with Gasteiger partial charge in [0.15, 0.2) is 0 Å². The van der Waals surface area contributed by atoms with Crippen LogP contribution in [-0.2, 0) is 6.54 Å². The Morgan fingerprint density at radius 3 is 2.87 bits per heavy atom. The number of H-pyrrole nitrogens is 1. The Kier molecular flexibility index (Phi) is 3.42. The molecule has 1 heterocycles. The fraction of sp³-hybridized carbons (Fsp3) is 0.0556. The zero-order valence-electron chi connectivity index (χ0n) is 12.3. The third-order valence-corrected chi connectivity index (χ3v) is 4.51. The lowest BCUT2D eigenvalue weighted by Crippen LogP contribution is -2.04. The van der Waals surface area contributed by atoms with Crippen molar-refractivity contribution in [2.45, 2.75) is 6.54 Å². The maximum absolute atomic E-state index is 6.21. The van der Waals surface area contributed by atoms with Gasteiger partial charge >= 0.3 is 0 Å². The van der Waals surface area contributed by atoms with Gasteiger partial charge in [0.2, 0.25) is 0 Å². The second-order valence-electron chi connectivity index (χ2n) is 5.49. The van der Waals surface area contributed by atoms with Gasteiger partial charge in [0, 0.05) is 33.3 Å². The Balaban J connectivity index is 1.74. The van der Waals surface area contributed by atoms with Crippen LogP contribution in [0.15, 0.2) is 59.2 Å². The van der Waals surface area contributed by atoms with Gasteiger partial charge in [-0.05, 0) is 29.0 Å². The molecule has 0 aliphatic carbocycles. The van der Waals surface area contributed by atoms with Crippen molar-refractivity contribution in [3.8, 4) is 0 Å². The first-order chi connectivity index (χ1) is 11.2. The van der Waals surface area contributed by atoms with Gasteiger partial charge in [0.1, 0.15) is 0 Å². The molecule has 0 bridgehead atoms. The molecule has 0 fully saturated rings. The highest BCUT2D eigenvalue weighted by Crippen LogP contribution is 2.29. The zero-order chi connectivity index (χ0) is 15.8. The number of nitrogens with two attached hydrogens (primary N) is 1. The third kappa shape index (κ3) is 2.53. The number of nitrogen functional groups attached to an aromatic ring is 1. The standard InChI is InChI=1S/C18H15BrN4/c19-12-7-17(15-10-22-23-18(15)8-12)21-9-14-13-4-2-1-3-11(13)5-6-16(14)20/h1-8,10,21H,9,20H2,(H,22,23). The Hall–Kier alpha value is -2.53. The molecule has 0 unspecified atom stereocenters. The normalized spacial score (nSPS) is 11.2. The van der Waals surface area contributed by atoms with Crippen LogP contribution in [0.2, 0.25) is 0 Å². The van der Waals surface area contributed by atoms with Gasteiger partial charge < -0.3 is 11.1 Å². The minimum Gasteiger partial charge on any atom is -0.398 e. The molecule has 0 amide bonds. The minimum absolute atomic E-state index is 0.657. The van der Waals surface area contributed by atoms with Crippen LogP contribution in [0.3, 0.4) is 0 Å². The number of rotatable bonds is 3. The van der Waals surface area contributed by atoms with E-state index in [2.05, 4.69) is 55.7 Å². The number of hydrogen-bond acceptors (Lipinski definition) is 3. The lowest BCUT2D eigenvalue weighted by atomic mass is 10.0. The van der Waals surface area contributed by atoms with Gasteiger partial charge in [-0.25, -0.2) is 0 Å². The maximum atomic E-state index is 6.21. The van der Waals surface area contributed by atoms with Crippen LogP contribution in [-0.4, -0.2) is 10.2 Å². The predicted molar refractivity (Wildman–Crippen MR) is 99.5 cm³/mol. The fourth-order valence-corrected chi connectivity index (χ4v) is 3.35. The molecule has 114 valence electrons. The summed E-state index contributed by atoms with van der Waals surface area (Å²) in [5, 5.41) is 14.0. The summed E-state index contributed by atoms with van der Waals surface area (Å²) >= 11 is 3.54. The first kappa shape index (κ1) is 14.1. The molecule has 0 aliphatic rings. The summed E-state index contributed by atoms with van der Waals surface area (Å²) in [7, 11) is 0. The van der Waals surface area contributed by atoms with Gasteiger partial charge in [0.05, 0.1) is 11.7 Å². The quantitative estimate of drug-likeness (QED) is 0.461. The van der Waals surface area contributed by atoms with Gasteiger partial charge in [-0.15, -0.1) is 0 Å². The summed E-state index contributed by atoms with van der Waals surface area (Å²) in [6, 6.07) is 16.4. The number of nitrogens with zero attached hydrogens (tertiary/aromatic N) is 1. The Bertz CT molecular complexity index is 1010. The highest BCUT2D eigenvalue weighted by atomic mass is 79.9. The minimum atomic E-state index is 0.657. The van der Waals surface area contributed by atoms with Crippen molar-refractivity contribution in [2.24, 2.45) is 0 Å². The number of aromatic nitrogens is 2. The van der Waals surface area contributed by atoms with E-state index < -0.39 is 0 Å². The number of fused-ring (bicyclic) bond motifs is 2. The summed E-state index contributed by atoms with van der Waals surface area (Å²) in [4.78, 5) is 0. The Labute approximate surface area is 141 Å². The fourth-order valence-electron chi connectivity index (χ4n) is 2.90. The third-order valence-electron chi connectivity index (χ3n) is 4.06. The molecule has 4 nitrogen and oxygen atoms in total. The topological polar surface area (TPSA) is 66.7 Å². The lowest BCUT2D eigenvalue weighted by molar-refractivity contribution is 1.12. The molecule has 23 heavy (non-hydrogen) atoms. The van der Waals surface area contributed by atoms with E-state index in [4.69, 9.17) is 5.73 Å². The van der Waals surface area contributed by atoms with Crippen LogP contribution in [0.25, 0.3) is 21.7 Å². The van der Waals surface area contributed by atoms with Crippen molar-refractivity contribution in [3.63, 3.8) is 0 Å². The Morgan fingerprint density at radius 2 is 1.96 bits per heavy atom. The monoisotopic (exact) mass is 366 g/mol. The number of hydrogen-bond donors (Lipinski definition) is 3. The molecule has 0 radical (unpaired) electrons. The first-order valence-corrected chi connectivity index (χ1v) is 8.14. The van der Waals surface area contributed by atoms with E-state index in [1.165, 1.54) is 10.8 Å². The van der Waals surface area contributed by atoms with E-state index in [1.807, 2.05) is 30.5 Å². The van der Waals surface area contributed by atoms with E-state index in [-0.39, 0.29) is 0 Å². The van der Waals surface area contributed by atoms with Crippen LogP contribution in [0, 0.1) is 0 Å². The molecule has 4 rings (SSSR count). The highest BCUT2D eigenvalue weighted by Gasteiger charge is 2.08. The molecule has 0 atom stereocenters. The molecule has 0 spiro atoms. The number of aromatic amines is 1. The van der Waals surface area contributed by atoms with E-state index in [0.717, 1.165) is 32.3 Å². The molecule has 4 aromatic rings. The molecule has 4 N–H and O–H groups in total. The SMILES string of the molecule is Nc1ccc2ccccc2c1CNc1cc(Br)cc2[nH]ncc12. The van der Waals surface area contributed by atoms with Crippen molar-refractivity contribution in [2.75, 3.05) is 11.1 Å². The molecule has 0 saturated carbocycles. The maximum Gasteiger partial charge on any atom is 0.0682 e. The van der Waals surface area contributed by atoms with E-state index in [1.54, 1.807) is 0 Å². The molecular formula is C18H15BrN4. The lowest BCUT2D eigenvalue weighted by Gasteiger charge is -2.13. The summed E-state index contributed by atoms with van der Waals surface area (Å²) < 4.78 is 1.00. The zero-order valence-corrected chi connectivity index (χ0v) is 13.9. The second kappa shape index (κ2) is 5.59. The van der Waals surface area contributed by atoms with E-state index >= 15 is 0 Å². The molecule has 5 heteroatoms. The van der Waals surface area contributed by atoms with Crippen molar-refractivity contribution in [1.29, 1.82) is 0 Å². The summed E-state index contributed by atoms with van der Waals surface area (Å²) in [6.45, 7) is 0.657. The molecular weight excluding hydrogens is 352 g/mol. The largest absolute Gasteiger partial charge is 0.398 e. The highest BCUT2D eigenvalue weighted by molar-refractivity contribution is 9.10. The molecule has 0 saturated heterocycles. The summed E-state index contributed by atoms with van der Waals surface area (Å²) in [5.41, 5.74) is 10.1. The molecule has 3 aromatic carbocycles. The summed E-state index contributed by atoms with van der Waals surface area (Å²) in [5.74, 6) is 0. The average Bonchev–Trinajstić information content (AvgIpc) is 3.02. The van der Waals surface area contributed by atoms with Crippen LogP contribution in [0.1, 0.15) is 5.56 Å². The smallest absolute Gasteiger partial charge is 0.0682 e. The molecule has 1 aromatic heterocycles. The van der Waals surface area contributed by atoms with E-state index in [0.29, 0.717) is 6.54 Å². The van der Waals surface area contributed by atoms with Gasteiger partial charge in [0.25, 0.3) is 0 Å². The van der Waals surface area contributed by atoms with Gasteiger partial charge in [-0.3, -0.25) is 5.10 Å². The Morgan fingerprint density at radius 1 is 1.09 bits per heavy atom. The number of nitrogens with one attached hydrogen (secondary N) is 2. The van der Waals surface area contributed by atoms with Crippen LogP contribution < -0.4 is 11.1 Å². The van der Waals surface area contributed by atoms with Crippen LogP contribution >= 0.6 is 15.9 Å². The van der Waals surface area contributed by atoms with Gasteiger partial charge in [-0.1, -0.05) is 46.3 Å². The predicted octanol–water partition coefficient (Wildman–Crippen LogP) is 4.67. The van der Waals surface area contributed by atoms with Crippen LogP contribution in [0.5, 0.6) is 0 Å². The van der Waals surface area contributed by atoms with E-state index in [9.17, 15) is 0 Å². The molecule has 0 aliphatic heterocycles. The number of halogens is 1. The van der Waals surface area contributed by atoms with Crippen LogP contribution in [0.4, 0.5) is 11.4 Å². The van der Waals surface area contributed by atoms with Crippen molar-refractivity contribution >= 4 is 49.0 Å². The number of anilines is 2. The first-order valence-electron chi connectivity index (χ1n) is 7.35. The van der Waals surface area contributed by atoms with Crippen molar-refractivity contribution < 1.29 is 0 Å². The van der Waals surface area contributed by atoms with Gasteiger partial charge in [-0.2, -0.15) is 5.10 Å². The number of benzene rings is 3. The van der Waals surface area contributed by atoms with Crippen molar-refractivity contribution in [1.82, 2.24) is 10.2 Å². The summed E-state index contributed by atoms with van der Waals surface area (Å²) in [6.07, 6.45) is 1.83. The second-order valence-corrected chi connectivity index (χ2v) is 6.41.